The monoisotopic (exact) mass is 300 g/mol. The number of hydrazone groups is 1. The maximum Gasteiger partial charge on any atom is 0.314 e. The first-order valence-corrected chi connectivity index (χ1v) is 7.66. The van der Waals surface area contributed by atoms with Gasteiger partial charge >= 0.3 is 5.97 Å². The van der Waals surface area contributed by atoms with Crippen LogP contribution >= 0.6 is 11.3 Å². The Bertz CT molecular complexity index is 652. The molecule has 1 aliphatic rings. The van der Waals surface area contributed by atoms with E-state index in [-0.39, 0.29) is 6.04 Å². The molecule has 108 valence electrons. The van der Waals surface area contributed by atoms with Gasteiger partial charge in [0.25, 0.3) is 0 Å². The van der Waals surface area contributed by atoms with Gasteiger partial charge in [-0.2, -0.15) is 5.10 Å². The fraction of sp³-hybridized carbons (Fsp3) is 0.250. The molecule has 0 spiro atoms. The van der Waals surface area contributed by atoms with E-state index in [2.05, 4.69) is 5.10 Å². The molecule has 1 aromatic carbocycles. The number of carbonyl (C=O) groups is 1. The zero-order valence-corrected chi connectivity index (χ0v) is 12.5. The van der Waals surface area contributed by atoms with Gasteiger partial charge in [-0.25, -0.2) is 0 Å². The lowest BCUT2D eigenvalue weighted by molar-refractivity contribution is -0.140. The summed E-state index contributed by atoms with van der Waals surface area (Å²) in [6.07, 6.45) is 0. The Balaban J connectivity index is 1.92. The topological polar surface area (TPSA) is 52.9 Å². The molecule has 5 heteroatoms. The van der Waals surface area contributed by atoms with E-state index in [9.17, 15) is 9.90 Å². The van der Waals surface area contributed by atoms with Crippen molar-refractivity contribution < 1.29 is 9.90 Å². The highest BCUT2D eigenvalue weighted by molar-refractivity contribution is 7.10. The second-order valence-corrected chi connectivity index (χ2v) is 6.08. The van der Waals surface area contributed by atoms with Gasteiger partial charge in [0.05, 0.1) is 12.3 Å². The van der Waals surface area contributed by atoms with Crippen molar-refractivity contribution in [1.82, 2.24) is 5.01 Å². The van der Waals surface area contributed by atoms with Crippen LogP contribution in [0.15, 0.2) is 52.9 Å². The minimum Gasteiger partial charge on any atom is -0.481 e. The minimum atomic E-state index is -0.815. The average molecular weight is 300 g/mol. The summed E-state index contributed by atoms with van der Waals surface area (Å²) in [6.45, 7) is 2.41. The van der Waals surface area contributed by atoms with E-state index in [0.717, 1.165) is 10.4 Å². The van der Waals surface area contributed by atoms with Gasteiger partial charge in [-0.15, -0.1) is 11.3 Å². The van der Waals surface area contributed by atoms with Crippen LogP contribution in [0.25, 0.3) is 0 Å². The van der Waals surface area contributed by atoms with Crippen LogP contribution in [-0.4, -0.2) is 21.8 Å². The van der Waals surface area contributed by atoms with Crippen molar-refractivity contribution in [3.8, 4) is 0 Å². The van der Waals surface area contributed by atoms with Crippen LogP contribution < -0.4 is 0 Å². The molecule has 2 heterocycles. The molecule has 1 N–H and O–H groups in total. The van der Waals surface area contributed by atoms with E-state index in [1.165, 1.54) is 0 Å². The van der Waals surface area contributed by atoms with Crippen LogP contribution in [0.1, 0.15) is 23.4 Å². The molecule has 4 nitrogen and oxygen atoms in total. The molecule has 2 unspecified atom stereocenters. The molecule has 3 rings (SSSR count). The van der Waals surface area contributed by atoms with Gasteiger partial charge in [0.1, 0.15) is 12.0 Å². The SMILES string of the molecule is CC1=NN(Cc2ccccc2)C(c2cccs2)C1C(=O)O. The lowest BCUT2D eigenvalue weighted by atomic mass is 9.95. The largest absolute Gasteiger partial charge is 0.481 e. The maximum atomic E-state index is 11.6. The standard InChI is InChI=1S/C16H16N2O2S/c1-11-14(16(19)20)15(13-8-5-9-21-13)18(17-11)10-12-6-3-2-4-7-12/h2-9,14-15H,10H2,1H3,(H,19,20). The van der Waals surface area contributed by atoms with Crippen molar-refractivity contribution >= 4 is 23.0 Å². The zero-order chi connectivity index (χ0) is 14.8. The van der Waals surface area contributed by atoms with Crippen molar-refractivity contribution in [2.45, 2.75) is 19.5 Å². The summed E-state index contributed by atoms with van der Waals surface area (Å²) in [7, 11) is 0. The van der Waals surface area contributed by atoms with Crippen molar-refractivity contribution in [3.05, 3.63) is 58.3 Å². The average Bonchev–Trinajstić information content (AvgIpc) is 3.07. The van der Waals surface area contributed by atoms with Gasteiger partial charge in [0.2, 0.25) is 0 Å². The number of hydrogen-bond donors (Lipinski definition) is 1. The van der Waals surface area contributed by atoms with E-state index in [1.807, 2.05) is 52.9 Å². The van der Waals surface area contributed by atoms with Gasteiger partial charge < -0.3 is 5.11 Å². The number of hydrogen-bond acceptors (Lipinski definition) is 4. The number of rotatable bonds is 4. The van der Waals surface area contributed by atoms with Crippen molar-refractivity contribution in [2.75, 3.05) is 0 Å². The van der Waals surface area contributed by atoms with Crippen LogP contribution in [0.5, 0.6) is 0 Å². The first-order valence-electron chi connectivity index (χ1n) is 6.78. The summed E-state index contributed by atoms with van der Waals surface area (Å²) in [4.78, 5) is 12.7. The fourth-order valence-corrected chi connectivity index (χ4v) is 3.58. The number of benzene rings is 1. The highest BCUT2D eigenvalue weighted by Gasteiger charge is 2.41. The number of carboxylic acids is 1. The second-order valence-electron chi connectivity index (χ2n) is 5.10. The van der Waals surface area contributed by atoms with Crippen LogP contribution in [0.4, 0.5) is 0 Å². The quantitative estimate of drug-likeness (QED) is 0.941. The summed E-state index contributed by atoms with van der Waals surface area (Å²) >= 11 is 1.58. The zero-order valence-electron chi connectivity index (χ0n) is 11.6. The number of aliphatic carboxylic acids is 1. The van der Waals surface area contributed by atoms with Gasteiger partial charge in [-0.05, 0) is 23.9 Å². The Labute approximate surface area is 127 Å². The Kier molecular flexibility index (Phi) is 3.75. The summed E-state index contributed by atoms with van der Waals surface area (Å²) in [5.41, 5.74) is 1.79. The van der Waals surface area contributed by atoms with E-state index in [0.29, 0.717) is 12.3 Å². The predicted molar refractivity (Wildman–Crippen MR) is 83.3 cm³/mol. The molecule has 0 aliphatic carbocycles. The number of nitrogens with zero attached hydrogens (tertiary/aromatic N) is 2. The van der Waals surface area contributed by atoms with Gasteiger partial charge in [0, 0.05) is 4.88 Å². The molecule has 0 bridgehead atoms. The molecule has 1 aromatic heterocycles. The summed E-state index contributed by atoms with van der Waals surface area (Å²) in [6, 6.07) is 13.7. The highest BCUT2D eigenvalue weighted by atomic mass is 32.1. The van der Waals surface area contributed by atoms with Crippen LogP contribution in [-0.2, 0) is 11.3 Å². The third-order valence-electron chi connectivity index (χ3n) is 3.66. The van der Waals surface area contributed by atoms with Crippen molar-refractivity contribution in [3.63, 3.8) is 0 Å². The third-order valence-corrected chi connectivity index (χ3v) is 4.60. The summed E-state index contributed by atoms with van der Waals surface area (Å²) in [5.74, 6) is -1.39. The molecular weight excluding hydrogens is 284 g/mol. The van der Waals surface area contributed by atoms with Gasteiger partial charge in [0.15, 0.2) is 0 Å². The lowest BCUT2D eigenvalue weighted by Gasteiger charge is -2.25. The van der Waals surface area contributed by atoms with E-state index in [4.69, 9.17) is 0 Å². The van der Waals surface area contributed by atoms with Crippen LogP contribution in [0.2, 0.25) is 0 Å². The molecule has 2 atom stereocenters. The molecule has 0 amide bonds. The van der Waals surface area contributed by atoms with Crippen molar-refractivity contribution in [1.29, 1.82) is 0 Å². The first kappa shape index (κ1) is 13.8. The molecule has 0 saturated heterocycles. The molecule has 21 heavy (non-hydrogen) atoms. The van der Waals surface area contributed by atoms with Gasteiger partial charge in [-0.1, -0.05) is 36.4 Å². The normalized spacial score (nSPS) is 21.4. The number of carboxylic acid groups (broad SMARTS) is 1. The molecular formula is C16H16N2O2S. The fourth-order valence-electron chi connectivity index (χ4n) is 2.72. The van der Waals surface area contributed by atoms with E-state index < -0.39 is 11.9 Å². The van der Waals surface area contributed by atoms with E-state index >= 15 is 0 Å². The molecule has 2 aromatic rings. The number of thiophene rings is 1. The lowest BCUT2D eigenvalue weighted by Crippen LogP contribution is -2.29. The van der Waals surface area contributed by atoms with Crippen LogP contribution in [0.3, 0.4) is 0 Å². The molecule has 0 saturated carbocycles. The summed E-state index contributed by atoms with van der Waals surface area (Å²) < 4.78 is 0. The second kappa shape index (κ2) is 5.69. The molecule has 1 aliphatic heterocycles. The Morgan fingerprint density at radius 1 is 1.29 bits per heavy atom. The molecule has 0 fully saturated rings. The van der Waals surface area contributed by atoms with Crippen molar-refractivity contribution in [2.24, 2.45) is 11.0 Å². The minimum absolute atomic E-state index is 0.220. The predicted octanol–water partition coefficient (Wildman–Crippen LogP) is 3.38. The maximum absolute atomic E-state index is 11.6. The Morgan fingerprint density at radius 3 is 2.67 bits per heavy atom. The van der Waals surface area contributed by atoms with Gasteiger partial charge in [-0.3, -0.25) is 9.80 Å². The summed E-state index contributed by atoms with van der Waals surface area (Å²) in [5, 5.41) is 17.9. The van der Waals surface area contributed by atoms with Crippen LogP contribution in [0, 0.1) is 5.92 Å². The highest BCUT2D eigenvalue weighted by Crippen LogP contribution is 2.38. The Hall–Kier alpha value is -2.14. The van der Waals surface area contributed by atoms with E-state index in [1.54, 1.807) is 18.3 Å². The smallest absolute Gasteiger partial charge is 0.314 e. The third kappa shape index (κ3) is 2.69. The molecule has 0 radical (unpaired) electrons. The first-order chi connectivity index (χ1) is 10.2. The Morgan fingerprint density at radius 2 is 2.05 bits per heavy atom.